The van der Waals surface area contributed by atoms with Crippen LogP contribution in [0.3, 0.4) is 0 Å². The molecule has 8 heteroatoms. The fraction of sp³-hybridized carbons (Fsp3) is 0.400. The van der Waals surface area contributed by atoms with Crippen molar-refractivity contribution in [3.8, 4) is 0 Å². The van der Waals surface area contributed by atoms with Gasteiger partial charge in [0.05, 0.1) is 23.4 Å². The minimum absolute atomic E-state index is 0.211. The van der Waals surface area contributed by atoms with Crippen LogP contribution in [0.5, 0.6) is 0 Å². The SMILES string of the molecule is CCn1ncc2cc(Cl)nc(C=CCN(C)C[C@@H](NC(=O)OC(C)(C)C)c3ccccc3)c21. The highest BCUT2D eigenvalue weighted by atomic mass is 35.5. The van der Waals surface area contributed by atoms with Gasteiger partial charge in [0.1, 0.15) is 10.8 Å². The Bertz CT molecular complexity index is 1110. The van der Waals surface area contributed by atoms with Gasteiger partial charge >= 0.3 is 6.09 Å². The monoisotopic (exact) mass is 469 g/mol. The van der Waals surface area contributed by atoms with E-state index in [1.54, 1.807) is 0 Å². The van der Waals surface area contributed by atoms with Crippen LogP contribution < -0.4 is 5.32 Å². The van der Waals surface area contributed by atoms with Gasteiger partial charge in [-0.05, 0) is 52.4 Å². The zero-order valence-corrected chi connectivity index (χ0v) is 20.6. The van der Waals surface area contributed by atoms with Crippen molar-refractivity contribution in [1.82, 2.24) is 25.0 Å². The molecule has 1 N–H and O–H groups in total. The molecule has 0 saturated heterocycles. The predicted molar refractivity (Wildman–Crippen MR) is 133 cm³/mol. The van der Waals surface area contributed by atoms with Gasteiger partial charge in [-0.2, -0.15) is 5.10 Å². The number of hydrogen-bond donors (Lipinski definition) is 1. The molecule has 0 fully saturated rings. The lowest BCUT2D eigenvalue weighted by Gasteiger charge is -2.27. The number of nitrogens with one attached hydrogen (secondary N) is 1. The molecule has 33 heavy (non-hydrogen) atoms. The summed E-state index contributed by atoms with van der Waals surface area (Å²) in [4.78, 5) is 19.0. The Morgan fingerprint density at radius 1 is 1.30 bits per heavy atom. The van der Waals surface area contributed by atoms with Gasteiger partial charge < -0.3 is 15.0 Å². The van der Waals surface area contributed by atoms with Crippen LogP contribution in [0, 0.1) is 0 Å². The molecule has 176 valence electrons. The highest BCUT2D eigenvalue weighted by Gasteiger charge is 2.21. The first kappa shape index (κ1) is 24.7. The summed E-state index contributed by atoms with van der Waals surface area (Å²) >= 11 is 6.20. The van der Waals surface area contributed by atoms with Gasteiger partial charge in [-0.15, -0.1) is 0 Å². The molecule has 0 bridgehead atoms. The van der Waals surface area contributed by atoms with Crippen molar-refractivity contribution in [2.45, 2.75) is 45.9 Å². The van der Waals surface area contributed by atoms with E-state index in [0.717, 1.165) is 28.7 Å². The Morgan fingerprint density at radius 2 is 2.03 bits per heavy atom. The highest BCUT2D eigenvalue weighted by Crippen LogP contribution is 2.22. The Labute approximate surface area is 200 Å². The maximum atomic E-state index is 12.4. The lowest BCUT2D eigenvalue weighted by atomic mass is 10.1. The maximum Gasteiger partial charge on any atom is 0.408 e. The highest BCUT2D eigenvalue weighted by molar-refractivity contribution is 6.30. The number of alkyl carbamates (subject to hydrolysis) is 1. The number of likely N-dealkylation sites (N-methyl/N-ethyl adjacent to an activating group) is 1. The third-order valence-corrected chi connectivity index (χ3v) is 5.19. The number of pyridine rings is 1. The lowest BCUT2D eigenvalue weighted by molar-refractivity contribution is 0.0495. The lowest BCUT2D eigenvalue weighted by Crippen LogP contribution is -2.39. The fourth-order valence-corrected chi connectivity index (χ4v) is 3.78. The molecule has 0 aliphatic heterocycles. The molecule has 0 radical (unpaired) electrons. The summed E-state index contributed by atoms with van der Waals surface area (Å²) in [6.07, 6.45) is 5.39. The second-order valence-electron chi connectivity index (χ2n) is 8.96. The number of fused-ring (bicyclic) bond motifs is 1. The quantitative estimate of drug-likeness (QED) is 0.452. The van der Waals surface area contributed by atoms with Gasteiger partial charge in [-0.25, -0.2) is 9.78 Å². The smallest absolute Gasteiger partial charge is 0.408 e. The number of carbonyl (C=O) groups excluding carboxylic acids is 1. The second-order valence-corrected chi connectivity index (χ2v) is 9.35. The summed E-state index contributed by atoms with van der Waals surface area (Å²) in [5, 5.41) is 8.82. The number of ether oxygens (including phenoxy) is 1. The minimum Gasteiger partial charge on any atom is -0.444 e. The molecular formula is C25H32ClN5O2. The van der Waals surface area contributed by atoms with Crippen molar-refractivity contribution in [2.24, 2.45) is 0 Å². The number of hydrogen-bond acceptors (Lipinski definition) is 5. The van der Waals surface area contributed by atoms with Gasteiger partial charge in [-0.1, -0.05) is 48.0 Å². The molecule has 3 rings (SSSR count). The molecule has 2 aromatic heterocycles. The van der Waals surface area contributed by atoms with Crippen molar-refractivity contribution < 1.29 is 9.53 Å². The van der Waals surface area contributed by atoms with E-state index in [1.165, 1.54) is 0 Å². The molecule has 0 saturated carbocycles. The number of aryl methyl sites for hydroxylation is 1. The van der Waals surface area contributed by atoms with Crippen molar-refractivity contribution in [1.29, 1.82) is 0 Å². The Morgan fingerprint density at radius 3 is 2.70 bits per heavy atom. The summed E-state index contributed by atoms with van der Waals surface area (Å²) < 4.78 is 7.38. The number of halogens is 1. The zero-order chi connectivity index (χ0) is 24.0. The summed E-state index contributed by atoms with van der Waals surface area (Å²) in [6, 6.07) is 11.5. The molecule has 2 heterocycles. The third kappa shape index (κ3) is 7.04. The van der Waals surface area contributed by atoms with E-state index in [0.29, 0.717) is 18.2 Å². The largest absolute Gasteiger partial charge is 0.444 e. The van der Waals surface area contributed by atoms with Crippen LogP contribution in [0.2, 0.25) is 5.15 Å². The van der Waals surface area contributed by atoms with Gasteiger partial charge in [0.25, 0.3) is 0 Å². The van der Waals surface area contributed by atoms with Crippen LogP contribution in [0.25, 0.3) is 17.0 Å². The van der Waals surface area contributed by atoms with Gasteiger partial charge in [-0.3, -0.25) is 4.68 Å². The van der Waals surface area contributed by atoms with E-state index in [2.05, 4.69) is 20.3 Å². The predicted octanol–water partition coefficient (Wildman–Crippen LogP) is 5.32. The van der Waals surface area contributed by atoms with Gasteiger partial charge in [0.15, 0.2) is 0 Å². The first-order valence-electron chi connectivity index (χ1n) is 11.1. The van der Waals surface area contributed by atoms with Crippen LogP contribution >= 0.6 is 11.6 Å². The molecule has 1 amide bonds. The Kier molecular flexibility index (Phi) is 8.10. The summed E-state index contributed by atoms with van der Waals surface area (Å²) in [5.74, 6) is 0. The number of carbonyl (C=O) groups is 1. The van der Waals surface area contributed by atoms with E-state index < -0.39 is 11.7 Å². The van der Waals surface area contributed by atoms with Crippen LogP contribution in [-0.4, -0.2) is 51.5 Å². The van der Waals surface area contributed by atoms with Crippen LogP contribution in [0.15, 0.2) is 48.7 Å². The zero-order valence-electron chi connectivity index (χ0n) is 19.9. The van der Waals surface area contributed by atoms with Crippen molar-refractivity contribution in [3.05, 3.63) is 65.1 Å². The number of amides is 1. The van der Waals surface area contributed by atoms with E-state index in [9.17, 15) is 4.79 Å². The molecule has 0 aliphatic carbocycles. The molecule has 1 aromatic carbocycles. The molecule has 7 nitrogen and oxygen atoms in total. The molecule has 1 atom stereocenters. The molecule has 0 aliphatic rings. The molecular weight excluding hydrogens is 438 g/mol. The van der Waals surface area contributed by atoms with Crippen molar-refractivity contribution >= 4 is 34.7 Å². The van der Waals surface area contributed by atoms with E-state index in [4.69, 9.17) is 16.3 Å². The van der Waals surface area contributed by atoms with Gasteiger partial charge in [0.2, 0.25) is 0 Å². The van der Waals surface area contributed by atoms with Crippen molar-refractivity contribution in [3.63, 3.8) is 0 Å². The first-order chi connectivity index (χ1) is 15.7. The number of rotatable bonds is 8. The minimum atomic E-state index is -0.555. The van der Waals surface area contributed by atoms with Crippen LogP contribution in [0.4, 0.5) is 4.79 Å². The molecule has 3 aromatic rings. The van der Waals surface area contributed by atoms with Crippen molar-refractivity contribution in [2.75, 3.05) is 20.1 Å². The third-order valence-electron chi connectivity index (χ3n) is 4.99. The first-order valence-corrected chi connectivity index (χ1v) is 11.5. The van der Waals surface area contributed by atoms with Crippen LogP contribution in [0.1, 0.15) is 45.0 Å². The molecule has 0 spiro atoms. The second kappa shape index (κ2) is 10.8. The Hall–Kier alpha value is -2.90. The summed E-state index contributed by atoms with van der Waals surface area (Å²) in [5.41, 5.74) is 2.22. The van der Waals surface area contributed by atoms with E-state index >= 15 is 0 Å². The average Bonchev–Trinajstić information content (AvgIpc) is 3.15. The average molecular weight is 470 g/mol. The normalized spacial score (nSPS) is 13.1. The van der Waals surface area contributed by atoms with Crippen LogP contribution in [-0.2, 0) is 11.3 Å². The maximum absolute atomic E-state index is 12.4. The summed E-state index contributed by atoms with van der Waals surface area (Å²) in [7, 11) is 2.01. The molecule has 0 unspecified atom stereocenters. The number of nitrogens with zero attached hydrogens (tertiary/aromatic N) is 4. The Balaban J connectivity index is 1.71. The standard InChI is InChI=1S/C25H32ClN5O2/c1-6-31-23-19(16-27-31)15-22(26)28-20(23)13-10-14-30(5)17-21(18-11-8-7-9-12-18)29-24(32)33-25(2,3)4/h7-13,15-16,21H,6,14,17H2,1-5H3,(H,29,32)/t21-/m1/s1. The van der Waals surface area contributed by atoms with Gasteiger partial charge in [0, 0.05) is 25.0 Å². The fourth-order valence-electron chi connectivity index (χ4n) is 3.57. The summed E-state index contributed by atoms with van der Waals surface area (Å²) in [6.45, 7) is 9.63. The number of aromatic nitrogens is 3. The topological polar surface area (TPSA) is 72.3 Å². The van der Waals surface area contributed by atoms with E-state index in [1.807, 2.05) is 94.2 Å². The number of benzene rings is 1. The van der Waals surface area contributed by atoms with E-state index in [-0.39, 0.29) is 6.04 Å².